The summed E-state index contributed by atoms with van der Waals surface area (Å²) in [6.45, 7) is 3.48. The highest BCUT2D eigenvalue weighted by molar-refractivity contribution is 9.10. The number of nitrogens with zero attached hydrogens (tertiary/aromatic N) is 1. The lowest BCUT2D eigenvalue weighted by atomic mass is 10.2. The van der Waals surface area contributed by atoms with E-state index < -0.39 is 6.10 Å². The van der Waals surface area contributed by atoms with Gasteiger partial charge in [0.15, 0.2) is 6.10 Å². The fourth-order valence-corrected chi connectivity index (χ4v) is 2.97. The summed E-state index contributed by atoms with van der Waals surface area (Å²) in [4.78, 5) is 14.4. The van der Waals surface area contributed by atoms with Crippen molar-refractivity contribution in [1.29, 1.82) is 0 Å². The van der Waals surface area contributed by atoms with E-state index in [1.807, 2.05) is 43.1 Å². The molecule has 0 aromatic heterocycles. The van der Waals surface area contributed by atoms with E-state index in [4.69, 9.17) is 4.74 Å². The lowest BCUT2D eigenvalue weighted by Gasteiger charge is -2.27. The first-order valence-electron chi connectivity index (χ1n) is 6.99. The molecule has 0 aliphatic carbocycles. The topological polar surface area (TPSA) is 41.6 Å². The predicted molar refractivity (Wildman–Crippen MR) is 82.9 cm³/mol. The van der Waals surface area contributed by atoms with Crippen molar-refractivity contribution in [2.45, 2.75) is 31.9 Å². The largest absolute Gasteiger partial charge is 0.480 e. The van der Waals surface area contributed by atoms with E-state index >= 15 is 0 Å². The van der Waals surface area contributed by atoms with Gasteiger partial charge in [-0.15, -0.1) is 0 Å². The number of likely N-dealkylation sites (tertiary alicyclic amines) is 1. The number of carbonyl (C=O) groups excluding carboxylic acids is 1. The summed E-state index contributed by atoms with van der Waals surface area (Å²) in [6.07, 6.45) is 1.67. The molecule has 0 saturated carbocycles. The van der Waals surface area contributed by atoms with Crippen molar-refractivity contribution in [3.8, 4) is 5.75 Å². The lowest BCUT2D eigenvalue weighted by molar-refractivity contribution is -0.138. The van der Waals surface area contributed by atoms with Gasteiger partial charge >= 0.3 is 0 Å². The molecule has 5 heteroatoms. The standard InChI is InChI=1S/C15H21BrN2O2/c1-11(20-14-8-4-3-7-13(14)16)15(19)18-9-5-6-12(18)10-17-2/h3-4,7-8,11-12,17H,5-6,9-10H2,1-2H3/t11-,12-/m0/s1. The second-order valence-corrected chi connectivity index (χ2v) is 5.93. The van der Waals surface area contributed by atoms with Gasteiger partial charge in [-0.25, -0.2) is 0 Å². The smallest absolute Gasteiger partial charge is 0.263 e. The Morgan fingerprint density at radius 1 is 1.55 bits per heavy atom. The SMILES string of the molecule is CNC[C@@H]1CCCN1C(=O)[C@H](C)Oc1ccccc1Br. The minimum absolute atomic E-state index is 0.0681. The molecule has 1 aliphatic rings. The average Bonchev–Trinajstić information content (AvgIpc) is 2.89. The lowest BCUT2D eigenvalue weighted by Crippen LogP contribution is -2.46. The van der Waals surface area contributed by atoms with Gasteiger partial charge in [-0.05, 0) is 54.9 Å². The number of amides is 1. The Balaban J connectivity index is 2.00. The Hall–Kier alpha value is -1.07. The molecule has 2 atom stereocenters. The summed E-state index contributed by atoms with van der Waals surface area (Å²) in [5, 5.41) is 3.15. The van der Waals surface area contributed by atoms with Crippen LogP contribution in [0.5, 0.6) is 5.75 Å². The van der Waals surface area contributed by atoms with Gasteiger partial charge in [-0.3, -0.25) is 4.79 Å². The number of nitrogens with one attached hydrogen (secondary N) is 1. The zero-order chi connectivity index (χ0) is 14.5. The molecule has 1 aliphatic heterocycles. The van der Waals surface area contributed by atoms with Gasteiger partial charge in [-0.2, -0.15) is 0 Å². The number of rotatable bonds is 5. The normalized spacial score (nSPS) is 19.9. The van der Waals surface area contributed by atoms with Crippen LogP contribution in [0.1, 0.15) is 19.8 Å². The van der Waals surface area contributed by atoms with Gasteiger partial charge in [0, 0.05) is 19.1 Å². The first kappa shape index (κ1) is 15.3. The number of carbonyl (C=O) groups is 1. The molecule has 0 bridgehead atoms. The third-order valence-corrected chi connectivity index (χ3v) is 4.24. The molecule has 1 heterocycles. The van der Waals surface area contributed by atoms with Gasteiger partial charge in [0.25, 0.3) is 5.91 Å². The van der Waals surface area contributed by atoms with Crippen molar-refractivity contribution >= 4 is 21.8 Å². The van der Waals surface area contributed by atoms with E-state index in [0.29, 0.717) is 5.75 Å². The van der Waals surface area contributed by atoms with Crippen molar-refractivity contribution in [3.63, 3.8) is 0 Å². The maximum Gasteiger partial charge on any atom is 0.263 e. The second kappa shape index (κ2) is 7.09. The summed E-state index contributed by atoms with van der Waals surface area (Å²) in [5.41, 5.74) is 0. The van der Waals surface area contributed by atoms with Crippen LogP contribution in [-0.2, 0) is 4.79 Å². The Kier molecular flexibility index (Phi) is 5.43. The Labute approximate surface area is 128 Å². The number of benzene rings is 1. The summed E-state index contributed by atoms with van der Waals surface area (Å²) in [5.74, 6) is 0.774. The van der Waals surface area contributed by atoms with Crippen LogP contribution in [0.25, 0.3) is 0 Å². The van der Waals surface area contributed by atoms with Crippen molar-refractivity contribution in [1.82, 2.24) is 10.2 Å². The van der Waals surface area contributed by atoms with Crippen LogP contribution >= 0.6 is 15.9 Å². The monoisotopic (exact) mass is 340 g/mol. The van der Waals surface area contributed by atoms with Crippen LogP contribution in [0.2, 0.25) is 0 Å². The van der Waals surface area contributed by atoms with Crippen LogP contribution in [0.15, 0.2) is 28.7 Å². The highest BCUT2D eigenvalue weighted by atomic mass is 79.9. The van der Waals surface area contributed by atoms with E-state index in [1.165, 1.54) is 0 Å². The van der Waals surface area contributed by atoms with E-state index in [0.717, 1.165) is 30.4 Å². The zero-order valence-corrected chi connectivity index (χ0v) is 13.5. The van der Waals surface area contributed by atoms with Gasteiger partial charge < -0.3 is 15.0 Å². The van der Waals surface area contributed by atoms with Gasteiger partial charge in [-0.1, -0.05) is 12.1 Å². The van der Waals surface area contributed by atoms with E-state index in [9.17, 15) is 4.79 Å². The number of para-hydroxylation sites is 1. The Morgan fingerprint density at radius 3 is 3.00 bits per heavy atom. The summed E-state index contributed by atoms with van der Waals surface area (Å²) in [6, 6.07) is 7.89. The maximum atomic E-state index is 12.5. The van der Waals surface area contributed by atoms with Gasteiger partial charge in [0.1, 0.15) is 5.75 Å². The zero-order valence-electron chi connectivity index (χ0n) is 11.9. The third kappa shape index (κ3) is 3.52. The second-order valence-electron chi connectivity index (χ2n) is 5.08. The van der Waals surface area contributed by atoms with Crippen LogP contribution in [0, 0.1) is 0 Å². The summed E-state index contributed by atoms with van der Waals surface area (Å²) >= 11 is 3.43. The highest BCUT2D eigenvalue weighted by Gasteiger charge is 2.31. The predicted octanol–water partition coefficient (Wildman–Crippen LogP) is 2.43. The van der Waals surface area contributed by atoms with Crippen molar-refractivity contribution < 1.29 is 9.53 Å². The molecule has 0 radical (unpaired) electrons. The Morgan fingerprint density at radius 2 is 2.30 bits per heavy atom. The highest BCUT2D eigenvalue weighted by Crippen LogP contribution is 2.26. The Bertz CT molecular complexity index is 467. The van der Waals surface area contributed by atoms with Crippen LogP contribution in [0.4, 0.5) is 0 Å². The molecule has 20 heavy (non-hydrogen) atoms. The minimum atomic E-state index is -0.467. The molecule has 1 aromatic carbocycles. The van der Waals surface area contributed by atoms with Crippen molar-refractivity contribution in [3.05, 3.63) is 28.7 Å². The fourth-order valence-electron chi connectivity index (χ4n) is 2.59. The first-order valence-corrected chi connectivity index (χ1v) is 7.79. The van der Waals surface area contributed by atoms with Crippen LogP contribution in [-0.4, -0.2) is 43.1 Å². The van der Waals surface area contributed by atoms with E-state index in [2.05, 4.69) is 21.2 Å². The van der Waals surface area contributed by atoms with Gasteiger partial charge in [0.05, 0.1) is 4.47 Å². The van der Waals surface area contributed by atoms with Gasteiger partial charge in [0.2, 0.25) is 0 Å². The van der Waals surface area contributed by atoms with Crippen molar-refractivity contribution in [2.75, 3.05) is 20.1 Å². The third-order valence-electron chi connectivity index (χ3n) is 3.59. The number of halogens is 1. The summed E-state index contributed by atoms with van der Waals surface area (Å²) in [7, 11) is 1.92. The molecule has 1 N–H and O–H groups in total. The molecule has 4 nitrogen and oxygen atoms in total. The van der Waals surface area contributed by atoms with E-state index in [-0.39, 0.29) is 11.9 Å². The summed E-state index contributed by atoms with van der Waals surface area (Å²) < 4.78 is 6.66. The number of likely N-dealkylation sites (N-methyl/N-ethyl adjacent to an activating group) is 1. The number of hydrogen-bond acceptors (Lipinski definition) is 3. The number of hydrogen-bond donors (Lipinski definition) is 1. The molecule has 2 rings (SSSR count). The van der Waals surface area contributed by atoms with Crippen LogP contribution < -0.4 is 10.1 Å². The van der Waals surface area contributed by atoms with E-state index in [1.54, 1.807) is 0 Å². The molecule has 0 unspecified atom stereocenters. The molecule has 1 aromatic rings. The maximum absolute atomic E-state index is 12.5. The first-order chi connectivity index (χ1) is 9.63. The average molecular weight is 341 g/mol. The van der Waals surface area contributed by atoms with Crippen LogP contribution in [0.3, 0.4) is 0 Å². The quantitative estimate of drug-likeness (QED) is 0.894. The minimum Gasteiger partial charge on any atom is -0.480 e. The molecular formula is C15H21BrN2O2. The molecule has 110 valence electrons. The molecule has 1 saturated heterocycles. The van der Waals surface area contributed by atoms with Crippen molar-refractivity contribution in [2.24, 2.45) is 0 Å². The molecule has 1 amide bonds. The number of ether oxygens (including phenoxy) is 1. The fraction of sp³-hybridized carbons (Fsp3) is 0.533. The molecular weight excluding hydrogens is 320 g/mol. The molecule has 0 spiro atoms. The molecule has 1 fully saturated rings.